The molecular formula is C13H14N4S2. The van der Waals surface area contributed by atoms with Gasteiger partial charge in [0.2, 0.25) is 0 Å². The summed E-state index contributed by atoms with van der Waals surface area (Å²) < 4.78 is 3.24. The van der Waals surface area contributed by atoms with Gasteiger partial charge in [-0.15, -0.1) is 23.1 Å². The van der Waals surface area contributed by atoms with Crippen molar-refractivity contribution in [3.8, 4) is 11.5 Å². The first kappa shape index (κ1) is 12.6. The van der Waals surface area contributed by atoms with Crippen LogP contribution < -0.4 is 0 Å². The standard InChI is InChI=1S/C13H14N4S2/c1-4-18-13-10(15-7-19-13)12-16-9-5-8(2)6-14-11(9)17(12)3/h5-7H,4H2,1-3H3. The molecule has 0 radical (unpaired) electrons. The molecule has 3 aromatic heterocycles. The van der Waals surface area contributed by atoms with Gasteiger partial charge in [0.1, 0.15) is 11.2 Å². The first-order valence-corrected chi connectivity index (χ1v) is 7.93. The van der Waals surface area contributed by atoms with Gasteiger partial charge in [0.15, 0.2) is 11.5 Å². The van der Waals surface area contributed by atoms with Crippen molar-refractivity contribution in [1.82, 2.24) is 19.5 Å². The summed E-state index contributed by atoms with van der Waals surface area (Å²) in [5, 5.41) is 0. The molecule has 0 N–H and O–H groups in total. The number of hydrogen-bond acceptors (Lipinski definition) is 5. The van der Waals surface area contributed by atoms with E-state index in [-0.39, 0.29) is 0 Å². The van der Waals surface area contributed by atoms with Gasteiger partial charge >= 0.3 is 0 Å². The minimum Gasteiger partial charge on any atom is -0.310 e. The van der Waals surface area contributed by atoms with E-state index < -0.39 is 0 Å². The molecule has 3 aromatic rings. The maximum absolute atomic E-state index is 4.69. The van der Waals surface area contributed by atoms with Crippen molar-refractivity contribution in [2.75, 3.05) is 5.75 Å². The van der Waals surface area contributed by atoms with E-state index in [1.165, 1.54) is 4.21 Å². The molecule has 3 heterocycles. The third-order valence-corrected chi connectivity index (χ3v) is 4.87. The van der Waals surface area contributed by atoms with Crippen LogP contribution in [0.3, 0.4) is 0 Å². The monoisotopic (exact) mass is 290 g/mol. The number of thiazole rings is 1. The van der Waals surface area contributed by atoms with Gasteiger partial charge in [-0.25, -0.2) is 15.0 Å². The Kier molecular flexibility index (Phi) is 3.28. The lowest BCUT2D eigenvalue weighted by atomic mass is 10.3. The highest BCUT2D eigenvalue weighted by Gasteiger charge is 2.16. The lowest BCUT2D eigenvalue weighted by molar-refractivity contribution is 0.932. The van der Waals surface area contributed by atoms with Crippen molar-refractivity contribution in [3.63, 3.8) is 0 Å². The Morgan fingerprint density at radius 3 is 3.00 bits per heavy atom. The first-order chi connectivity index (χ1) is 9.20. The first-order valence-electron chi connectivity index (χ1n) is 6.06. The van der Waals surface area contributed by atoms with E-state index >= 15 is 0 Å². The number of aryl methyl sites for hydroxylation is 2. The fourth-order valence-corrected chi connectivity index (χ4v) is 3.81. The van der Waals surface area contributed by atoms with Crippen molar-refractivity contribution in [2.45, 2.75) is 18.1 Å². The van der Waals surface area contributed by atoms with E-state index in [2.05, 4.69) is 27.9 Å². The number of aromatic nitrogens is 4. The lowest BCUT2D eigenvalue weighted by Crippen LogP contribution is -1.95. The second kappa shape index (κ2) is 4.94. The maximum atomic E-state index is 4.69. The Bertz CT molecular complexity index is 729. The molecule has 0 aliphatic carbocycles. The van der Waals surface area contributed by atoms with Gasteiger partial charge in [0.05, 0.1) is 9.72 Å². The molecule has 0 unspecified atom stereocenters. The molecule has 0 saturated heterocycles. The van der Waals surface area contributed by atoms with Gasteiger partial charge < -0.3 is 4.57 Å². The lowest BCUT2D eigenvalue weighted by Gasteiger charge is -2.01. The van der Waals surface area contributed by atoms with Crippen LogP contribution in [0.5, 0.6) is 0 Å². The molecule has 0 fully saturated rings. The van der Waals surface area contributed by atoms with Crippen LogP contribution in [-0.4, -0.2) is 25.3 Å². The smallest absolute Gasteiger partial charge is 0.162 e. The van der Waals surface area contributed by atoms with Crippen LogP contribution in [0.25, 0.3) is 22.7 Å². The van der Waals surface area contributed by atoms with Crippen LogP contribution in [-0.2, 0) is 7.05 Å². The summed E-state index contributed by atoms with van der Waals surface area (Å²) in [6.07, 6.45) is 1.87. The molecule has 98 valence electrons. The molecule has 19 heavy (non-hydrogen) atoms. The number of rotatable bonds is 3. The molecule has 3 rings (SSSR count). The Labute approximate surface area is 119 Å². The van der Waals surface area contributed by atoms with Crippen LogP contribution in [0.15, 0.2) is 22.0 Å². The topological polar surface area (TPSA) is 43.6 Å². The fourth-order valence-electron chi connectivity index (χ4n) is 2.01. The largest absolute Gasteiger partial charge is 0.310 e. The zero-order chi connectivity index (χ0) is 13.4. The molecule has 0 spiro atoms. The summed E-state index contributed by atoms with van der Waals surface area (Å²) in [5.74, 6) is 1.93. The predicted octanol–water partition coefficient (Wildman–Crippen LogP) is 3.51. The molecule has 4 nitrogen and oxygen atoms in total. The van der Waals surface area contributed by atoms with Crippen LogP contribution in [0.2, 0.25) is 0 Å². The summed E-state index contributed by atoms with van der Waals surface area (Å²) in [4.78, 5) is 13.6. The summed E-state index contributed by atoms with van der Waals surface area (Å²) in [5.41, 5.74) is 5.80. The van der Waals surface area contributed by atoms with Crippen LogP contribution in [0.1, 0.15) is 12.5 Å². The zero-order valence-electron chi connectivity index (χ0n) is 11.0. The molecule has 0 aromatic carbocycles. The minimum absolute atomic E-state index is 0.894. The highest BCUT2D eigenvalue weighted by atomic mass is 32.2. The van der Waals surface area contributed by atoms with Gasteiger partial charge in [0.25, 0.3) is 0 Å². The van der Waals surface area contributed by atoms with Crippen LogP contribution in [0.4, 0.5) is 0 Å². The average molecular weight is 290 g/mol. The quantitative estimate of drug-likeness (QED) is 0.692. The van der Waals surface area contributed by atoms with Crippen LogP contribution in [0, 0.1) is 6.92 Å². The minimum atomic E-state index is 0.894. The molecule has 0 saturated carbocycles. The summed E-state index contributed by atoms with van der Waals surface area (Å²) in [7, 11) is 1.99. The van der Waals surface area contributed by atoms with Crippen molar-refractivity contribution < 1.29 is 0 Å². The van der Waals surface area contributed by atoms with Crippen molar-refractivity contribution in [1.29, 1.82) is 0 Å². The Hall–Kier alpha value is -1.40. The fraction of sp³-hybridized carbons (Fsp3) is 0.308. The Morgan fingerprint density at radius 1 is 1.37 bits per heavy atom. The number of thioether (sulfide) groups is 1. The van der Waals surface area contributed by atoms with E-state index in [1.807, 2.05) is 42.0 Å². The van der Waals surface area contributed by atoms with Gasteiger partial charge in [-0.2, -0.15) is 0 Å². The highest BCUT2D eigenvalue weighted by molar-refractivity contribution is 8.01. The summed E-state index contributed by atoms with van der Waals surface area (Å²) >= 11 is 3.48. The SMILES string of the molecule is CCSc1scnc1-c1nc2cc(C)cnc2n1C. The normalized spacial score (nSPS) is 11.3. The third-order valence-electron chi connectivity index (χ3n) is 2.87. The molecule has 0 atom stereocenters. The number of imidazole rings is 1. The maximum Gasteiger partial charge on any atom is 0.162 e. The molecule has 0 bridgehead atoms. The second-order valence-electron chi connectivity index (χ2n) is 4.27. The van der Waals surface area contributed by atoms with E-state index in [1.54, 1.807) is 11.3 Å². The van der Waals surface area contributed by atoms with Gasteiger partial charge in [-0.1, -0.05) is 6.92 Å². The van der Waals surface area contributed by atoms with E-state index in [0.29, 0.717) is 0 Å². The zero-order valence-corrected chi connectivity index (χ0v) is 12.7. The van der Waals surface area contributed by atoms with Crippen molar-refractivity contribution in [3.05, 3.63) is 23.3 Å². The molecule has 0 aliphatic heterocycles. The number of nitrogens with zero attached hydrogens (tertiary/aromatic N) is 4. The van der Waals surface area contributed by atoms with Gasteiger partial charge in [-0.05, 0) is 24.3 Å². The number of hydrogen-bond donors (Lipinski definition) is 0. The Morgan fingerprint density at radius 2 is 2.21 bits per heavy atom. The van der Waals surface area contributed by atoms with Crippen LogP contribution >= 0.6 is 23.1 Å². The molecule has 6 heteroatoms. The Balaban J connectivity index is 2.19. The van der Waals surface area contributed by atoms with Gasteiger partial charge in [0, 0.05) is 13.2 Å². The van der Waals surface area contributed by atoms with Crippen molar-refractivity contribution in [2.24, 2.45) is 7.05 Å². The molecule has 0 aliphatic rings. The van der Waals surface area contributed by atoms with E-state index in [9.17, 15) is 0 Å². The van der Waals surface area contributed by atoms with Gasteiger partial charge in [-0.3, -0.25) is 0 Å². The van der Waals surface area contributed by atoms with E-state index in [0.717, 1.165) is 34.0 Å². The predicted molar refractivity (Wildman–Crippen MR) is 80.8 cm³/mol. The molecular weight excluding hydrogens is 276 g/mol. The average Bonchev–Trinajstić information content (AvgIpc) is 2.95. The second-order valence-corrected chi connectivity index (χ2v) is 6.66. The summed E-state index contributed by atoms with van der Waals surface area (Å²) in [6, 6.07) is 2.06. The highest BCUT2D eigenvalue weighted by Crippen LogP contribution is 2.34. The third kappa shape index (κ3) is 2.15. The number of pyridine rings is 1. The number of fused-ring (bicyclic) bond motifs is 1. The van der Waals surface area contributed by atoms with Crippen molar-refractivity contribution >= 4 is 34.3 Å². The summed E-state index contributed by atoms with van der Waals surface area (Å²) in [6.45, 7) is 4.18. The molecule has 0 amide bonds. The van der Waals surface area contributed by atoms with E-state index in [4.69, 9.17) is 0 Å².